The Labute approximate surface area is 97.6 Å². The minimum absolute atomic E-state index is 0.0127. The van der Waals surface area contributed by atoms with Crippen LogP contribution in [0.2, 0.25) is 0 Å². The van der Waals surface area contributed by atoms with Gasteiger partial charge in [-0.15, -0.1) is 0 Å². The molecule has 0 aromatic heterocycles. The van der Waals surface area contributed by atoms with Crippen molar-refractivity contribution in [1.82, 2.24) is 10.6 Å². The summed E-state index contributed by atoms with van der Waals surface area (Å²) in [5.74, 6) is 0.157. The Balaban J connectivity index is 3.57. The molecule has 0 aliphatic carbocycles. The molecule has 0 radical (unpaired) electrons. The fraction of sp³-hybridized carbons (Fsp3) is 0.909. The van der Waals surface area contributed by atoms with Gasteiger partial charge in [-0.1, -0.05) is 6.92 Å². The van der Waals surface area contributed by atoms with Crippen molar-refractivity contribution in [3.63, 3.8) is 0 Å². The van der Waals surface area contributed by atoms with Crippen molar-refractivity contribution in [3.05, 3.63) is 0 Å². The number of aliphatic hydroxyl groups excluding tert-OH is 1. The molecule has 0 bridgehead atoms. The number of hydrogen-bond donors (Lipinski definition) is 3. The molecule has 16 heavy (non-hydrogen) atoms. The third kappa shape index (κ3) is 7.62. The SMILES string of the molecule is COCCCNC(=O)C(C)NCC(C)CO. The summed E-state index contributed by atoms with van der Waals surface area (Å²) in [5, 5.41) is 14.7. The molecule has 0 aliphatic heterocycles. The van der Waals surface area contributed by atoms with Crippen LogP contribution in [0.4, 0.5) is 0 Å². The van der Waals surface area contributed by atoms with Gasteiger partial charge in [-0.25, -0.2) is 0 Å². The fourth-order valence-electron chi connectivity index (χ4n) is 1.12. The molecule has 5 heteroatoms. The molecule has 5 nitrogen and oxygen atoms in total. The van der Waals surface area contributed by atoms with Crippen LogP contribution in [0.1, 0.15) is 20.3 Å². The molecule has 0 saturated carbocycles. The van der Waals surface area contributed by atoms with E-state index >= 15 is 0 Å². The van der Waals surface area contributed by atoms with Gasteiger partial charge in [0.05, 0.1) is 6.04 Å². The molecule has 0 fully saturated rings. The van der Waals surface area contributed by atoms with Gasteiger partial charge in [0.1, 0.15) is 0 Å². The van der Waals surface area contributed by atoms with Gasteiger partial charge in [0.25, 0.3) is 0 Å². The number of nitrogens with one attached hydrogen (secondary N) is 2. The van der Waals surface area contributed by atoms with E-state index in [9.17, 15) is 4.79 Å². The van der Waals surface area contributed by atoms with Crippen LogP contribution < -0.4 is 10.6 Å². The molecule has 0 aromatic rings. The largest absolute Gasteiger partial charge is 0.396 e. The first-order valence-corrected chi connectivity index (χ1v) is 5.72. The highest BCUT2D eigenvalue weighted by Gasteiger charge is 2.12. The van der Waals surface area contributed by atoms with E-state index < -0.39 is 0 Å². The van der Waals surface area contributed by atoms with Crippen molar-refractivity contribution in [3.8, 4) is 0 Å². The number of aliphatic hydroxyl groups is 1. The highest BCUT2D eigenvalue weighted by Crippen LogP contribution is 1.91. The van der Waals surface area contributed by atoms with Gasteiger partial charge >= 0.3 is 0 Å². The van der Waals surface area contributed by atoms with Crippen LogP contribution in [0.25, 0.3) is 0 Å². The van der Waals surface area contributed by atoms with Crippen LogP contribution in [-0.2, 0) is 9.53 Å². The summed E-state index contributed by atoms with van der Waals surface area (Å²) in [6, 6.07) is -0.225. The van der Waals surface area contributed by atoms with Crippen LogP contribution in [0.5, 0.6) is 0 Å². The minimum atomic E-state index is -0.225. The number of hydrogen-bond acceptors (Lipinski definition) is 4. The highest BCUT2D eigenvalue weighted by atomic mass is 16.5. The van der Waals surface area contributed by atoms with E-state index in [0.29, 0.717) is 19.7 Å². The molecule has 0 heterocycles. The second kappa shape index (κ2) is 9.57. The Hall–Kier alpha value is -0.650. The molecular weight excluding hydrogens is 208 g/mol. The van der Waals surface area contributed by atoms with Crippen LogP contribution in [0, 0.1) is 5.92 Å². The van der Waals surface area contributed by atoms with E-state index in [2.05, 4.69) is 10.6 Å². The summed E-state index contributed by atoms with van der Waals surface area (Å²) < 4.78 is 4.88. The lowest BCUT2D eigenvalue weighted by atomic mass is 10.2. The molecule has 2 unspecified atom stereocenters. The summed E-state index contributed by atoms with van der Waals surface area (Å²) in [6.07, 6.45) is 0.821. The minimum Gasteiger partial charge on any atom is -0.396 e. The fourth-order valence-corrected chi connectivity index (χ4v) is 1.12. The maximum Gasteiger partial charge on any atom is 0.236 e. The van der Waals surface area contributed by atoms with Crippen LogP contribution in [0.3, 0.4) is 0 Å². The highest BCUT2D eigenvalue weighted by molar-refractivity contribution is 5.81. The summed E-state index contributed by atoms with van der Waals surface area (Å²) >= 11 is 0. The number of rotatable bonds is 9. The number of carbonyl (C=O) groups excluding carboxylic acids is 1. The summed E-state index contributed by atoms with van der Waals surface area (Å²) in [5.41, 5.74) is 0. The topological polar surface area (TPSA) is 70.6 Å². The van der Waals surface area contributed by atoms with Crippen molar-refractivity contribution >= 4 is 5.91 Å². The molecule has 3 N–H and O–H groups in total. The lowest BCUT2D eigenvalue weighted by Gasteiger charge is -2.16. The van der Waals surface area contributed by atoms with Crippen molar-refractivity contribution in [2.24, 2.45) is 5.92 Å². The average Bonchev–Trinajstić information content (AvgIpc) is 2.30. The number of amides is 1. The Morgan fingerprint density at radius 3 is 2.69 bits per heavy atom. The lowest BCUT2D eigenvalue weighted by Crippen LogP contribution is -2.44. The zero-order valence-electron chi connectivity index (χ0n) is 10.5. The van der Waals surface area contributed by atoms with Crippen LogP contribution in [0.15, 0.2) is 0 Å². The second-order valence-corrected chi connectivity index (χ2v) is 4.06. The molecule has 1 amide bonds. The van der Waals surface area contributed by atoms with Gasteiger partial charge in [0.15, 0.2) is 0 Å². The smallest absolute Gasteiger partial charge is 0.236 e. The van der Waals surface area contributed by atoms with Crippen LogP contribution in [-0.4, -0.2) is 50.5 Å². The molecule has 0 rings (SSSR count). The summed E-state index contributed by atoms with van der Waals surface area (Å²) in [6.45, 7) is 5.81. The van der Waals surface area contributed by atoms with Gasteiger partial charge in [-0.05, 0) is 19.3 Å². The Morgan fingerprint density at radius 1 is 1.44 bits per heavy atom. The van der Waals surface area contributed by atoms with E-state index in [0.717, 1.165) is 6.42 Å². The van der Waals surface area contributed by atoms with Crippen LogP contribution >= 0.6 is 0 Å². The van der Waals surface area contributed by atoms with Crippen molar-refractivity contribution in [2.45, 2.75) is 26.3 Å². The summed E-state index contributed by atoms with van der Waals surface area (Å²) in [7, 11) is 1.64. The molecule has 0 spiro atoms. The maximum atomic E-state index is 11.5. The molecule has 0 saturated heterocycles. The third-order valence-corrected chi connectivity index (χ3v) is 2.30. The Bertz CT molecular complexity index is 188. The number of methoxy groups -OCH3 is 1. The van der Waals surface area contributed by atoms with E-state index in [-0.39, 0.29) is 24.5 Å². The standard InChI is InChI=1S/C11H24N2O3/c1-9(8-14)7-13-10(2)11(15)12-5-4-6-16-3/h9-10,13-14H,4-8H2,1-3H3,(H,12,15). The zero-order chi connectivity index (χ0) is 12.4. The van der Waals surface area contributed by atoms with Crippen molar-refractivity contribution < 1.29 is 14.6 Å². The first-order chi connectivity index (χ1) is 7.61. The first-order valence-electron chi connectivity index (χ1n) is 5.72. The maximum absolute atomic E-state index is 11.5. The average molecular weight is 232 g/mol. The number of ether oxygens (including phenoxy) is 1. The van der Waals surface area contributed by atoms with E-state index in [1.165, 1.54) is 0 Å². The van der Waals surface area contributed by atoms with E-state index in [4.69, 9.17) is 9.84 Å². The predicted octanol–water partition coefficient (Wildman–Crippen LogP) is -0.254. The van der Waals surface area contributed by atoms with Gasteiger partial charge in [-0.2, -0.15) is 0 Å². The molecule has 0 aromatic carbocycles. The second-order valence-electron chi connectivity index (χ2n) is 4.06. The van der Waals surface area contributed by atoms with Crippen molar-refractivity contribution in [1.29, 1.82) is 0 Å². The lowest BCUT2D eigenvalue weighted by molar-refractivity contribution is -0.122. The number of carbonyl (C=O) groups is 1. The third-order valence-electron chi connectivity index (χ3n) is 2.30. The monoisotopic (exact) mass is 232 g/mol. The Kier molecular flexibility index (Phi) is 9.18. The normalized spacial score (nSPS) is 14.5. The van der Waals surface area contributed by atoms with Crippen molar-refractivity contribution in [2.75, 3.05) is 33.4 Å². The molecule has 2 atom stereocenters. The first kappa shape index (κ1) is 15.3. The quantitative estimate of drug-likeness (QED) is 0.479. The Morgan fingerprint density at radius 2 is 2.12 bits per heavy atom. The van der Waals surface area contributed by atoms with Gasteiger partial charge < -0.3 is 20.5 Å². The zero-order valence-corrected chi connectivity index (χ0v) is 10.5. The summed E-state index contributed by atoms with van der Waals surface area (Å²) in [4.78, 5) is 11.5. The van der Waals surface area contributed by atoms with E-state index in [1.807, 2.05) is 13.8 Å². The van der Waals surface area contributed by atoms with Gasteiger partial charge in [0.2, 0.25) is 5.91 Å². The molecular formula is C11H24N2O3. The van der Waals surface area contributed by atoms with Gasteiger partial charge in [-0.3, -0.25) is 4.79 Å². The predicted molar refractivity (Wildman–Crippen MR) is 63.2 cm³/mol. The van der Waals surface area contributed by atoms with Gasteiger partial charge in [0, 0.05) is 33.4 Å². The molecule has 0 aliphatic rings. The van der Waals surface area contributed by atoms with E-state index in [1.54, 1.807) is 7.11 Å². The molecule has 96 valence electrons.